The van der Waals surface area contributed by atoms with Crippen molar-refractivity contribution in [3.63, 3.8) is 0 Å². The van der Waals surface area contributed by atoms with Gasteiger partial charge in [0.15, 0.2) is 0 Å². The summed E-state index contributed by atoms with van der Waals surface area (Å²) < 4.78 is 52.2. The largest absolute Gasteiger partial charge is 0.573 e. The second-order valence-electron chi connectivity index (χ2n) is 4.65. The van der Waals surface area contributed by atoms with Gasteiger partial charge in [-0.3, -0.25) is 0 Å². The molecule has 7 heteroatoms. The van der Waals surface area contributed by atoms with E-state index in [0.717, 1.165) is 0 Å². The molecule has 0 aliphatic carbocycles. The van der Waals surface area contributed by atoms with E-state index in [1.807, 2.05) is 0 Å². The third-order valence-electron chi connectivity index (χ3n) is 3.12. The summed E-state index contributed by atoms with van der Waals surface area (Å²) in [5.41, 5.74) is 0.350. The zero-order valence-corrected chi connectivity index (χ0v) is 13.0. The van der Waals surface area contributed by atoms with E-state index in [9.17, 15) is 18.0 Å². The van der Waals surface area contributed by atoms with E-state index < -0.39 is 18.1 Å². The summed E-state index contributed by atoms with van der Waals surface area (Å²) in [5, 5.41) is 0. The second-order valence-corrected chi connectivity index (χ2v) is 4.65. The number of halogens is 3. The van der Waals surface area contributed by atoms with Crippen LogP contribution in [0.3, 0.4) is 0 Å². The van der Waals surface area contributed by atoms with Crippen molar-refractivity contribution in [3.8, 4) is 22.6 Å². The van der Waals surface area contributed by atoms with E-state index in [4.69, 9.17) is 9.47 Å². The molecule has 2 rings (SSSR count). The van der Waals surface area contributed by atoms with Gasteiger partial charge in [0.05, 0.1) is 19.3 Å². The Kier molecular flexibility index (Phi) is 5.33. The van der Waals surface area contributed by atoms with E-state index in [1.54, 1.807) is 25.1 Å². The van der Waals surface area contributed by atoms with Gasteiger partial charge in [-0.2, -0.15) is 0 Å². The fourth-order valence-electron chi connectivity index (χ4n) is 2.24. The van der Waals surface area contributed by atoms with Gasteiger partial charge in [-0.1, -0.05) is 24.3 Å². The predicted molar refractivity (Wildman–Crippen MR) is 81.1 cm³/mol. The van der Waals surface area contributed by atoms with Crippen molar-refractivity contribution in [1.29, 1.82) is 0 Å². The van der Waals surface area contributed by atoms with Crippen molar-refractivity contribution >= 4 is 5.97 Å². The molecule has 2 aromatic rings. The highest BCUT2D eigenvalue weighted by Crippen LogP contribution is 2.40. The van der Waals surface area contributed by atoms with Crippen LogP contribution in [-0.4, -0.2) is 26.0 Å². The lowest BCUT2D eigenvalue weighted by Crippen LogP contribution is -2.18. The monoisotopic (exact) mass is 340 g/mol. The number of rotatable bonds is 5. The average molecular weight is 340 g/mol. The third kappa shape index (κ3) is 3.98. The number of carbonyl (C=O) groups is 1. The first-order valence-corrected chi connectivity index (χ1v) is 7.06. The first-order chi connectivity index (χ1) is 11.4. The molecule has 24 heavy (non-hydrogen) atoms. The number of benzene rings is 2. The SMILES string of the molecule is CCOC(=O)c1cccc(OC)c1-c1ccccc1OC(F)(F)F. The summed E-state index contributed by atoms with van der Waals surface area (Å²) in [5.74, 6) is -0.855. The lowest BCUT2D eigenvalue weighted by atomic mass is 9.97. The smallest absolute Gasteiger partial charge is 0.496 e. The van der Waals surface area contributed by atoms with Crippen LogP contribution in [0.2, 0.25) is 0 Å². The van der Waals surface area contributed by atoms with Gasteiger partial charge in [0.25, 0.3) is 0 Å². The normalized spacial score (nSPS) is 11.0. The van der Waals surface area contributed by atoms with E-state index in [-0.39, 0.29) is 29.0 Å². The number of methoxy groups -OCH3 is 1. The number of alkyl halides is 3. The molecule has 0 unspecified atom stereocenters. The van der Waals surface area contributed by atoms with Crippen molar-refractivity contribution in [2.24, 2.45) is 0 Å². The Balaban J connectivity index is 2.66. The van der Waals surface area contributed by atoms with Gasteiger partial charge >= 0.3 is 12.3 Å². The van der Waals surface area contributed by atoms with Crippen LogP contribution >= 0.6 is 0 Å². The zero-order chi connectivity index (χ0) is 17.7. The lowest BCUT2D eigenvalue weighted by Gasteiger charge is -2.17. The zero-order valence-electron chi connectivity index (χ0n) is 13.0. The van der Waals surface area contributed by atoms with Crippen molar-refractivity contribution < 1.29 is 32.2 Å². The highest BCUT2D eigenvalue weighted by Gasteiger charge is 2.33. The Labute approximate surface area is 136 Å². The van der Waals surface area contributed by atoms with Crippen molar-refractivity contribution in [2.75, 3.05) is 13.7 Å². The summed E-state index contributed by atoms with van der Waals surface area (Å²) in [6, 6.07) is 10.1. The minimum atomic E-state index is -4.86. The Morgan fingerprint density at radius 3 is 2.33 bits per heavy atom. The molecule has 0 spiro atoms. The maximum absolute atomic E-state index is 12.7. The first kappa shape index (κ1) is 17.7. The number of para-hydroxylation sites is 1. The summed E-state index contributed by atoms with van der Waals surface area (Å²) >= 11 is 0. The molecule has 0 aliphatic rings. The van der Waals surface area contributed by atoms with Gasteiger partial charge in [0.2, 0.25) is 0 Å². The standard InChI is InChI=1S/C17H15F3O4/c1-3-23-16(21)12-8-6-10-14(22-2)15(12)11-7-4-5-9-13(11)24-17(18,19)20/h4-10H,3H2,1-2H3. The van der Waals surface area contributed by atoms with Crippen LogP contribution in [0.15, 0.2) is 42.5 Å². The Bertz CT molecular complexity index is 726. The topological polar surface area (TPSA) is 44.8 Å². The van der Waals surface area contributed by atoms with E-state index in [1.165, 1.54) is 31.4 Å². The Morgan fingerprint density at radius 1 is 1.04 bits per heavy atom. The fourth-order valence-corrected chi connectivity index (χ4v) is 2.24. The van der Waals surface area contributed by atoms with Crippen LogP contribution in [-0.2, 0) is 4.74 Å². The van der Waals surface area contributed by atoms with Crippen LogP contribution < -0.4 is 9.47 Å². The number of hydrogen-bond donors (Lipinski definition) is 0. The summed E-state index contributed by atoms with van der Waals surface area (Å²) in [6.45, 7) is 1.77. The molecule has 2 aromatic carbocycles. The van der Waals surface area contributed by atoms with Gasteiger partial charge < -0.3 is 14.2 Å². The fraction of sp³-hybridized carbons (Fsp3) is 0.235. The molecule has 0 bridgehead atoms. The molecule has 0 saturated heterocycles. The number of ether oxygens (including phenoxy) is 3. The Morgan fingerprint density at radius 2 is 1.71 bits per heavy atom. The van der Waals surface area contributed by atoms with Crippen molar-refractivity contribution in [1.82, 2.24) is 0 Å². The van der Waals surface area contributed by atoms with Crippen LogP contribution in [0.25, 0.3) is 11.1 Å². The quantitative estimate of drug-likeness (QED) is 0.755. The van der Waals surface area contributed by atoms with Crippen LogP contribution in [0.1, 0.15) is 17.3 Å². The molecule has 0 aliphatic heterocycles. The van der Waals surface area contributed by atoms with Gasteiger partial charge in [-0.15, -0.1) is 13.2 Å². The van der Waals surface area contributed by atoms with Gasteiger partial charge in [-0.25, -0.2) is 4.79 Å². The summed E-state index contributed by atoms with van der Waals surface area (Å²) in [7, 11) is 1.36. The molecule has 0 amide bonds. The molecule has 0 aromatic heterocycles. The molecule has 0 atom stereocenters. The summed E-state index contributed by atoms with van der Waals surface area (Å²) in [6.07, 6.45) is -4.86. The molecular weight excluding hydrogens is 325 g/mol. The maximum atomic E-state index is 12.7. The van der Waals surface area contributed by atoms with Crippen LogP contribution in [0.4, 0.5) is 13.2 Å². The third-order valence-corrected chi connectivity index (χ3v) is 3.12. The number of esters is 1. The molecular formula is C17H15F3O4. The summed E-state index contributed by atoms with van der Waals surface area (Å²) in [4.78, 5) is 12.2. The number of carbonyl (C=O) groups excluding carboxylic acids is 1. The highest BCUT2D eigenvalue weighted by atomic mass is 19.4. The minimum absolute atomic E-state index is 0.0790. The van der Waals surface area contributed by atoms with Crippen molar-refractivity contribution in [3.05, 3.63) is 48.0 Å². The second kappa shape index (κ2) is 7.25. The van der Waals surface area contributed by atoms with Crippen LogP contribution in [0, 0.1) is 0 Å². The molecule has 0 heterocycles. The molecule has 128 valence electrons. The van der Waals surface area contributed by atoms with E-state index in [2.05, 4.69) is 4.74 Å². The highest BCUT2D eigenvalue weighted by molar-refractivity contribution is 6.00. The first-order valence-electron chi connectivity index (χ1n) is 7.06. The number of hydrogen-bond acceptors (Lipinski definition) is 4. The molecule has 4 nitrogen and oxygen atoms in total. The Hall–Kier alpha value is -2.70. The van der Waals surface area contributed by atoms with Gasteiger partial charge in [0, 0.05) is 11.1 Å². The van der Waals surface area contributed by atoms with E-state index in [0.29, 0.717) is 0 Å². The van der Waals surface area contributed by atoms with Crippen LogP contribution in [0.5, 0.6) is 11.5 Å². The molecule has 0 radical (unpaired) electrons. The molecule has 0 saturated carbocycles. The maximum Gasteiger partial charge on any atom is 0.573 e. The van der Waals surface area contributed by atoms with Crippen molar-refractivity contribution in [2.45, 2.75) is 13.3 Å². The van der Waals surface area contributed by atoms with Gasteiger partial charge in [0.1, 0.15) is 11.5 Å². The average Bonchev–Trinajstić information content (AvgIpc) is 2.53. The molecule has 0 fully saturated rings. The lowest BCUT2D eigenvalue weighted by molar-refractivity contribution is -0.274. The predicted octanol–water partition coefficient (Wildman–Crippen LogP) is 4.44. The minimum Gasteiger partial charge on any atom is -0.496 e. The molecule has 0 N–H and O–H groups in total. The van der Waals surface area contributed by atoms with Gasteiger partial charge in [-0.05, 0) is 25.1 Å². The van der Waals surface area contributed by atoms with E-state index >= 15 is 0 Å².